The second-order valence-corrected chi connectivity index (χ2v) is 4.82. The zero-order valence-electron chi connectivity index (χ0n) is 11.2. The SMILES string of the molecule is COc1nc(NN)nc(N(C)C(C)CCSC)n1. The number of rotatable bonds is 7. The van der Waals surface area contributed by atoms with Gasteiger partial charge in [0.05, 0.1) is 7.11 Å². The van der Waals surface area contributed by atoms with Crippen LogP contribution in [0.3, 0.4) is 0 Å². The van der Waals surface area contributed by atoms with Gasteiger partial charge in [0.25, 0.3) is 0 Å². The van der Waals surface area contributed by atoms with E-state index in [-0.39, 0.29) is 6.01 Å². The fourth-order valence-corrected chi connectivity index (χ4v) is 1.92. The molecule has 0 aromatic carbocycles. The summed E-state index contributed by atoms with van der Waals surface area (Å²) >= 11 is 1.82. The van der Waals surface area contributed by atoms with Crippen LogP contribution in [0.1, 0.15) is 13.3 Å². The molecule has 0 spiro atoms. The smallest absolute Gasteiger partial charge is 0.322 e. The quantitative estimate of drug-likeness (QED) is 0.555. The monoisotopic (exact) mass is 272 g/mol. The summed E-state index contributed by atoms with van der Waals surface area (Å²) in [6, 6.07) is 0.576. The normalized spacial score (nSPS) is 12.1. The van der Waals surface area contributed by atoms with Crippen molar-refractivity contribution in [3.63, 3.8) is 0 Å². The number of hydrogen-bond acceptors (Lipinski definition) is 8. The lowest BCUT2D eigenvalue weighted by atomic mass is 10.2. The molecule has 102 valence electrons. The summed E-state index contributed by atoms with van der Waals surface area (Å²) in [5.74, 6) is 7.25. The number of nitrogens with two attached hydrogens (primary N) is 1. The van der Waals surface area contributed by atoms with E-state index in [0.717, 1.165) is 12.2 Å². The average molecular weight is 272 g/mol. The van der Waals surface area contributed by atoms with Gasteiger partial charge in [-0.3, -0.25) is 5.43 Å². The Balaban J connectivity index is 2.86. The van der Waals surface area contributed by atoms with Crippen molar-refractivity contribution >= 4 is 23.7 Å². The van der Waals surface area contributed by atoms with Crippen LogP contribution in [0.5, 0.6) is 6.01 Å². The van der Waals surface area contributed by atoms with Gasteiger partial charge in [-0.2, -0.15) is 26.7 Å². The molecule has 1 aromatic rings. The summed E-state index contributed by atoms with van der Waals surface area (Å²) in [6.07, 6.45) is 3.15. The molecule has 0 aliphatic heterocycles. The summed E-state index contributed by atoms with van der Waals surface area (Å²) in [7, 11) is 3.45. The number of methoxy groups -OCH3 is 1. The number of hydrazine groups is 1. The number of nitrogens with one attached hydrogen (secondary N) is 1. The predicted molar refractivity (Wildman–Crippen MR) is 75.1 cm³/mol. The largest absolute Gasteiger partial charge is 0.467 e. The highest BCUT2D eigenvalue weighted by molar-refractivity contribution is 7.98. The van der Waals surface area contributed by atoms with Crippen LogP contribution in [0, 0.1) is 0 Å². The molecule has 1 aromatic heterocycles. The van der Waals surface area contributed by atoms with Gasteiger partial charge in [0.1, 0.15) is 0 Å². The maximum absolute atomic E-state index is 5.32. The summed E-state index contributed by atoms with van der Waals surface area (Å²) < 4.78 is 5.02. The van der Waals surface area contributed by atoms with Crippen LogP contribution in [0.15, 0.2) is 0 Å². The topological polar surface area (TPSA) is 89.2 Å². The minimum absolute atomic E-state index is 0.247. The van der Waals surface area contributed by atoms with Crippen molar-refractivity contribution in [2.24, 2.45) is 5.84 Å². The molecule has 1 unspecified atom stereocenters. The second-order valence-electron chi connectivity index (χ2n) is 3.83. The van der Waals surface area contributed by atoms with Crippen LogP contribution >= 0.6 is 11.8 Å². The van der Waals surface area contributed by atoms with Crippen molar-refractivity contribution in [2.75, 3.05) is 36.5 Å². The molecule has 1 heterocycles. The Hall–Kier alpha value is -1.28. The molecule has 1 rings (SSSR count). The highest BCUT2D eigenvalue weighted by Crippen LogP contribution is 2.17. The minimum atomic E-state index is 0.247. The van der Waals surface area contributed by atoms with E-state index in [1.807, 2.05) is 23.7 Å². The maximum Gasteiger partial charge on any atom is 0.322 e. The van der Waals surface area contributed by atoms with Gasteiger partial charge >= 0.3 is 6.01 Å². The van der Waals surface area contributed by atoms with Crippen molar-refractivity contribution in [1.82, 2.24) is 15.0 Å². The van der Waals surface area contributed by atoms with Gasteiger partial charge in [-0.05, 0) is 25.4 Å². The van der Waals surface area contributed by atoms with Gasteiger partial charge in [0.2, 0.25) is 11.9 Å². The lowest BCUT2D eigenvalue weighted by Crippen LogP contribution is -2.31. The Bertz CT molecular complexity index is 355. The second kappa shape index (κ2) is 7.22. The van der Waals surface area contributed by atoms with Crippen LogP contribution in [0.4, 0.5) is 11.9 Å². The maximum atomic E-state index is 5.32. The molecule has 0 bridgehead atoms. The van der Waals surface area contributed by atoms with Crippen molar-refractivity contribution in [3.8, 4) is 6.01 Å². The van der Waals surface area contributed by atoms with E-state index in [1.54, 1.807) is 0 Å². The van der Waals surface area contributed by atoms with E-state index < -0.39 is 0 Å². The Kier molecular flexibility index (Phi) is 5.93. The van der Waals surface area contributed by atoms with Gasteiger partial charge in [-0.15, -0.1) is 0 Å². The third-order valence-electron chi connectivity index (χ3n) is 2.63. The number of ether oxygens (including phenoxy) is 1. The van der Waals surface area contributed by atoms with E-state index in [4.69, 9.17) is 10.6 Å². The number of thioether (sulfide) groups is 1. The molecule has 0 amide bonds. The van der Waals surface area contributed by atoms with Crippen molar-refractivity contribution in [2.45, 2.75) is 19.4 Å². The molecule has 0 aliphatic carbocycles. The number of anilines is 2. The van der Waals surface area contributed by atoms with E-state index in [1.165, 1.54) is 7.11 Å². The van der Waals surface area contributed by atoms with E-state index in [9.17, 15) is 0 Å². The first kappa shape index (κ1) is 14.8. The standard InChI is InChI=1S/C10H20N6OS/c1-7(5-6-18-4)16(2)9-12-8(15-11)13-10(14-9)17-3/h7H,5-6,11H2,1-4H3,(H,12,13,14,15). The number of aromatic nitrogens is 3. The number of nitrogens with zero attached hydrogens (tertiary/aromatic N) is 4. The van der Waals surface area contributed by atoms with Crippen LogP contribution in [0.2, 0.25) is 0 Å². The summed E-state index contributed by atoms with van der Waals surface area (Å²) in [5, 5.41) is 0. The Morgan fingerprint density at radius 2 is 2.17 bits per heavy atom. The lowest BCUT2D eigenvalue weighted by Gasteiger charge is -2.24. The molecular weight excluding hydrogens is 252 g/mol. The highest BCUT2D eigenvalue weighted by atomic mass is 32.2. The minimum Gasteiger partial charge on any atom is -0.467 e. The fourth-order valence-electron chi connectivity index (χ4n) is 1.34. The van der Waals surface area contributed by atoms with E-state index in [0.29, 0.717) is 17.9 Å². The summed E-state index contributed by atoms with van der Waals surface area (Å²) in [6.45, 7) is 2.13. The van der Waals surface area contributed by atoms with Crippen LogP contribution < -0.4 is 20.9 Å². The molecule has 0 aliphatic rings. The molecule has 18 heavy (non-hydrogen) atoms. The fraction of sp³-hybridized carbons (Fsp3) is 0.700. The molecule has 0 saturated carbocycles. The van der Waals surface area contributed by atoms with Crippen LogP contribution in [-0.2, 0) is 0 Å². The average Bonchev–Trinajstić information content (AvgIpc) is 2.43. The third kappa shape index (κ3) is 3.88. The van der Waals surface area contributed by atoms with Crippen LogP contribution in [0.25, 0.3) is 0 Å². The van der Waals surface area contributed by atoms with E-state index >= 15 is 0 Å². The van der Waals surface area contributed by atoms with Crippen LogP contribution in [-0.4, -0.2) is 47.2 Å². The molecule has 0 fully saturated rings. The van der Waals surface area contributed by atoms with Crippen molar-refractivity contribution in [3.05, 3.63) is 0 Å². The van der Waals surface area contributed by atoms with Gasteiger partial charge in [0.15, 0.2) is 0 Å². The zero-order chi connectivity index (χ0) is 13.5. The van der Waals surface area contributed by atoms with Gasteiger partial charge in [-0.1, -0.05) is 0 Å². The first-order valence-corrected chi connectivity index (χ1v) is 7.00. The lowest BCUT2D eigenvalue weighted by molar-refractivity contribution is 0.378. The number of hydrogen-bond donors (Lipinski definition) is 2. The predicted octanol–water partition coefficient (Wildman–Crippen LogP) is 0.744. The molecule has 8 heteroatoms. The Morgan fingerprint density at radius 1 is 1.44 bits per heavy atom. The van der Waals surface area contributed by atoms with Gasteiger partial charge in [0, 0.05) is 13.1 Å². The molecule has 1 atom stereocenters. The number of nitrogen functional groups attached to an aromatic ring is 1. The Morgan fingerprint density at radius 3 is 2.72 bits per heavy atom. The molecular formula is C10H20N6OS. The third-order valence-corrected chi connectivity index (χ3v) is 3.28. The zero-order valence-corrected chi connectivity index (χ0v) is 12.0. The molecule has 7 nitrogen and oxygen atoms in total. The van der Waals surface area contributed by atoms with Crippen molar-refractivity contribution < 1.29 is 4.74 Å². The van der Waals surface area contributed by atoms with Crippen molar-refractivity contribution in [1.29, 1.82) is 0 Å². The van der Waals surface area contributed by atoms with Gasteiger partial charge < -0.3 is 9.64 Å². The first-order valence-electron chi connectivity index (χ1n) is 5.60. The highest BCUT2D eigenvalue weighted by Gasteiger charge is 2.15. The Labute approximate surface area is 112 Å². The molecule has 0 radical (unpaired) electrons. The van der Waals surface area contributed by atoms with Gasteiger partial charge in [-0.25, -0.2) is 5.84 Å². The van der Waals surface area contributed by atoms with E-state index in [2.05, 4.69) is 33.6 Å². The summed E-state index contributed by atoms with van der Waals surface area (Å²) in [4.78, 5) is 14.4. The summed E-state index contributed by atoms with van der Waals surface area (Å²) in [5.41, 5.74) is 2.41. The molecule has 0 saturated heterocycles. The first-order chi connectivity index (χ1) is 8.62. The molecule has 3 N–H and O–H groups in total.